The molecule has 0 aliphatic heterocycles. The summed E-state index contributed by atoms with van der Waals surface area (Å²) < 4.78 is 2.24. The summed E-state index contributed by atoms with van der Waals surface area (Å²) in [4.78, 5) is 4.20. The molecule has 0 fully saturated rings. The zero-order valence-electron chi connectivity index (χ0n) is 10.4. The summed E-state index contributed by atoms with van der Waals surface area (Å²) >= 11 is 0. The summed E-state index contributed by atoms with van der Waals surface area (Å²) in [5.41, 5.74) is 1.67. The highest BCUT2D eigenvalue weighted by atomic mass is 15.1. The topological polar surface area (TPSA) is 29.9 Å². The van der Waals surface area contributed by atoms with Crippen molar-refractivity contribution < 1.29 is 0 Å². The molecule has 15 heavy (non-hydrogen) atoms. The van der Waals surface area contributed by atoms with E-state index in [0.29, 0.717) is 5.41 Å². The van der Waals surface area contributed by atoms with Gasteiger partial charge in [-0.1, -0.05) is 27.7 Å². The maximum atomic E-state index is 4.20. The molecule has 0 aliphatic rings. The first-order valence-corrected chi connectivity index (χ1v) is 5.72. The molecule has 0 bridgehead atoms. The maximum Gasteiger partial charge on any atom is 0.0948 e. The summed E-state index contributed by atoms with van der Waals surface area (Å²) in [5.74, 6) is 0. The van der Waals surface area contributed by atoms with Gasteiger partial charge in [-0.2, -0.15) is 0 Å². The van der Waals surface area contributed by atoms with E-state index in [1.54, 1.807) is 0 Å². The van der Waals surface area contributed by atoms with Crippen LogP contribution in [-0.4, -0.2) is 16.1 Å². The fourth-order valence-electron chi connectivity index (χ4n) is 1.41. The molecule has 1 aromatic rings. The monoisotopic (exact) mass is 209 g/mol. The van der Waals surface area contributed by atoms with Gasteiger partial charge in [0, 0.05) is 19.3 Å². The Balaban J connectivity index is 2.50. The van der Waals surface area contributed by atoms with Gasteiger partial charge in [0.2, 0.25) is 0 Å². The first kappa shape index (κ1) is 12.2. The van der Waals surface area contributed by atoms with Crippen LogP contribution in [-0.2, 0) is 13.1 Å². The molecule has 0 amide bonds. The third-order valence-electron chi connectivity index (χ3n) is 2.46. The van der Waals surface area contributed by atoms with Crippen LogP contribution in [0.5, 0.6) is 0 Å². The number of aromatic nitrogens is 2. The molecule has 0 aromatic carbocycles. The minimum absolute atomic E-state index is 0.389. The molecule has 86 valence electrons. The van der Waals surface area contributed by atoms with E-state index in [0.717, 1.165) is 19.6 Å². The Hall–Kier alpha value is -0.830. The molecular weight excluding hydrogens is 186 g/mol. The van der Waals surface area contributed by atoms with Crippen molar-refractivity contribution in [2.24, 2.45) is 5.41 Å². The summed E-state index contributed by atoms with van der Waals surface area (Å²) in [7, 11) is 0. The van der Waals surface area contributed by atoms with Crippen molar-refractivity contribution >= 4 is 0 Å². The lowest BCUT2D eigenvalue weighted by molar-refractivity contribution is 0.347. The van der Waals surface area contributed by atoms with Crippen LogP contribution in [0.4, 0.5) is 0 Å². The summed E-state index contributed by atoms with van der Waals surface area (Å²) in [6.45, 7) is 11.9. The number of hydrogen-bond donors (Lipinski definition) is 1. The van der Waals surface area contributed by atoms with Crippen molar-refractivity contribution in [3.63, 3.8) is 0 Å². The van der Waals surface area contributed by atoms with Crippen molar-refractivity contribution in [1.29, 1.82) is 0 Å². The first-order valence-electron chi connectivity index (χ1n) is 5.72. The number of hydrogen-bond acceptors (Lipinski definition) is 2. The quantitative estimate of drug-likeness (QED) is 0.807. The third-order valence-corrected chi connectivity index (χ3v) is 2.46. The average Bonchev–Trinajstić information content (AvgIpc) is 2.57. The van der Waals surface area contributed by atoms with Crippen LogP contribution >= 0.6 is 0 Å². The van der Waals surface area contributed by atoms with Gasteiger partial charge in [0.1, 0.15) is 0 Å². The van der Waals surface area contributed by atoms with E-state index < -0.39 is 0 Å². The van der Waals surface area contributed by atoms with Crippen molar-refractivity contribution in [2.45, 2.75) is 47.2 Å². The second kappa shape index (κ2) is 5.31. The van der Waals surface area contributed by atoms with Crippen molar-refractivity contribution in [3.8, 4) is 0 Å². The zero-order valence-corrected chi connectivity index (χ0v) is 10.4. The molecule has 3 nitrogen and oxygen atoms in total. The second-order valence-corrected chi connectivity index (χ2v) is 5.17. The van der Waals surface area contributed by atoms with Crippen LogP contribution in [0.1, 0.15) is 39.8 Å². The van der Waals surface area contributed by atoms with Gasteiger partial charge in [0.05, 0.1) is 12.0 Å². The Kier molecular flexibility index (Phi) is 4.33. The Morgan fingerprint density at radius 3 is 2.73 bits per heavy atom. The normalized spacial score (nSPS) is 12.0. The lowest BCUT2D eigenvalue weighted by atomic mass is 9.92. The van der Waals surface area contributed by atoms with Gasteiger partial charge >= 0.3 is 0 Å². The second-order valence-electron chi connectivity index (χ2n) is 5.17. The summed E-state index contributed by atoms with van der Waals surface area (Å²) in [5, 5.41) is 3.33. The molecule has 1 aromatic heterocycles. The molecular formula is C12H23N3. The fraction of sp³-hybridized carbons (Fsp3) is 0.750. The Labute approximate surface area is 92.9 Å². The summed E-state index contributed by atoms with van der Waals surface area (Å²) in [6, 6.07) is 0. The lowest BCUT2D eigenvalue weighted by Crippen LogP contribution is -2.17. The van der Waals surface area contributed by atoms with Crippen LogP contribution in [0.15, 0.2) is 12.5 Å². The van der Waals surface area contributed by atoms with E-state index in [1.807, 2.05) is 12.5 Å². The number of imidazole rings is 1. The van der Waals surface area contributed by atoms with E-state index in [2.05, 4.69) is 42.6 Å². The number of nitrogens with one attached hydrogen (secondary N) is 1. The summed E-state index contributed by atoms with van der Waals surface area (Å²) in [6.07, 6.45) is 5.06. The predicted octanol–water partition coefficient (Wildman–Crippen LogP) is 2.43. The van der Waals surface area contributed by atoms with Crippen LogP contribution in [0, 0.1) is 5.41 Å². The van der Waals surface area contributed by atoms with E-state index in [4.69, 9.17) is 0 Å². The van der Waals surface area contributed by atoms with Gasteiger partial charge in [-0.05, 0) is 18.4 Å². The van der Waals surface area contributed by atoms with Crippen LogP contribution in [0.2, 0.25) is 0 Å². The third kappa shape index (κ3) is 4.47. The SMILES string of the molecule is CCNCc1cncn1CCC(C)(C)C. The van der Waals surface area contributed by atoms with Crippen LogP contribution in [0.25, 0.3) is 0 Å². The number of rotatable bonds is 5. The highest BCUT2D eigenvalue weighted by molar-refractivity contribution is 4.97. The zero-order chi connectivity index (χ0) is 11.3. The smallest absolute Gasteiger partial charge is 0.0948 e. The van der Waals surface area contributed by atoms with Crippen molar-refractivity contribution in [3.05, 3.63) is 18.2 Å². The maximum absolute atomic E-state index is 4.20. The van der Waals surface area contributed by atoms with Gasteiger partial charge in [0.15, 0.2) is 0 Å². The first-order chi connectivity index (χ1) is 7.03. The van der Waals surface area contributed by atoms with Gasteiger partial charge < -0.3 is 9.88 Å². The molecule has 0 saturated heterocycles. The van der Waals surface area contributed by atoms with Crippen LogP contribution in [0.3, 0.4) is 0 Å². The Morgan fingerprint density at radius 1 is 1.40 bits per heavy atom. The molecule has 3 heteroatoms. The average molecular weight is 209 g/mol. The lowest BCUT2D eigenvalue weighted by Gasteiger charge is -2.19. The van der Waals surface area contributed by atoms with Gasteiger partial charge in [-0.25, -0.2) is 4.98 Å². The minimum atomic E-state index is 0.389. The molecule has 0 saturated carbocycles. The van der Waals surface area contributed by atoms with E-state index in [9.17, 15) is 0 Å². The van der Waals surface area contributed by atoms with Crippen molar-refractivity contribution in [1.82, 2.24) is 14.9 Å². The molecule has 1 N–H and O–H groups in total. The minimum Gasteiger partial charge on any atom is -0.333 e. The number of nitrogens with zero attached hydrogens (tertiary/aromatic N) is 2. The van der Waals surface area contributed by atoms with E-state index in [-0.39, 0.29) is 0 Å². The largest absolute Gasteiger partial charge is 0.333 e. The molecule has 0 atom stereocenters. The predicted molar refractivity (Wildman–Crippen MR) is 63.7 cm³/mol. The van der Waals surface area contributed by atoms with Crippen molar-refractivity contribution in [2.75, 3.05) is 6.54 Å². The molecule has 1 heterocycles. The highest BCUT2D eigenvalue weighted by Crippen LogP contribution is 2.19. The Morgan fingerprint density at radius 2 is 2.13 bits per heavy atom. The van der Waals surface area contributed by atoms with Gasteiger partial charge in [0.25, 0.3) is 0 Å². The molecule has 1 rings (SSSR count). The van der Waals surface area contributed by atoms with E-state index >= 15 is 0 Å². The molecule has 0 unspecified atom stereocenters. The molecule has 0 spiro atoms. The Bertz CT molecular complexity index is 283. The number of aryl methyl sites for hydroxylation is 1. The van der Waals surface area contributed by atoms with Crippen LogP contribution < -0.4 is 5.32 Å². The van der Waals surface area contributed by atoms with Gasteiger partial charge in [-0.15, -0.1) is 0 Å². The fourth-order valence-corrected chi connectivity index (χ4v) is 1.41. The molecule has 0 radical (unpaired) electrons. The standard InChI is InChI=1S/C12H23N3/c1-5-13-8-11-9-14-10-15(11)7-6-12(2,3)4/h9-10,13H,5-8H2,1-4H3. The van der Waals surface area contributed by atoms with E-state index in [1.165, 1.54) is 12.1 Å². The van der Waals surface area contributed by atoms with Gasteiger partial charge in [-0.3, -0.25) is 0 Å². The highest BCUT2D eigenvalue weighted by Gasteiger charge is 2.11. The molecule has 0 aliphatic carbocycles.